The molecule has 72 valence electrons. The van der Waals surface area contributed by atoms with Crippen LogP contribution in [0.2, 0.25) is 0 Å². The lowest BCUT2D eigenvalue weighted by Gasteiger charge is -2.02. The zero-order chi connectivity index (χ0) is 9.26. The molecule has 0 radical (unpaired) electrons. The number of hydrogen-bond donors (Lipinski definition) is 1. The van der Waals surface area contributed by atoms with Crippen molar-refractivity contribution in [3.63, 3.8) is 0 Å². The highest BCUT2D eigenvalue weighted by Crippen LogP contribution is 2.23. The fourth-order valence-electron chi connectivity index (χ4n) is 1.52. The second-order valence-corrected chi connectivity index (χ2v) is 3.78. The smallest absolute Gasteiger partial charge is 0.233 e. The van der Waals surface area contributed by atoms with E-state index >= 15 is 0 Å². The van der Waals surface area contributed by atoms with E-state index in [-0.39, 0.29) is 0 Å². The van der Waals surface area contributed by atoms with E-state index in [2.05, 4.69) is 29.4 Å². The molecule has 1 aromatic heterocycles. The Bertz CT molecular complexity index is 276. The maximum Gasteiger partial charge on any atom is 0.233 e. The van der Waals surface area contributed by atoms with Crippen LogP contribution in [0.15, 0.2) is 4.42 Å². The molecular formula is C9H15N3O. The highest BCUT2D eigenvalue weighted by Gasteiger charge is 2.22. The molecule has 2 rings (SSSR count). The van der Waals surface area contributed by atoms with Crippen molar-refractivity contribution in [2.24, 2.45) is 0 Å². The summed E-state index contributed by atoms with van der Waals surface area (Å²) in [5.74, 6) is 1.81. The minimum atomic E-state index is 0.292. The van der Waals surface area contributed by atoms with Gasteiger partial charge in [-0.3, -0.25) is 0 Å². The molecule has 1 N–H and O–H groups in total. The SMILES string of the molecule is CC(C)c1nnc(C2CCCN2)o1. The first-order valence-corrected chi connectivity index (χ1v) is 4.84. The molecule has 4 heteroatoms. The summed E-state index contributed by atoms with van der Waals surface area (Å²) in [6.07, 6.45) is 2.31. The minimum Gasteiger partial charge on any atom is -0.423 e. The molecule has 1 aliphatic rings. The third kappa shape index (κ3) is 1.72. The molecule has 4 nitrogen and oxygen atoms in total. The van der Waals surface area contributed by atoms with Crippen LogP contribution in [-0.4, -0.2) is 16.7 Å². The van der Waals surface area contributed by atoms with Gasteiger partial charge in [0.25, 0.3) is 0 Å². The van der Waals surface area contributed by atoms with E-state index in [0.29, 0.717) is 12.0 Å². The summed E-state index contributed by atoms with van der Waals surface area (Å²) in [4.78, 5) is 0. The maximum absolute atomic E-state index is 5.54. The van der Waals surface area contributed by atoms with Gasteiger partial charge in [-0.25, -0.2) is 0 Å². The molecule has 0 spiro atoms. The summed E-state index contributed by atoms with van der Waals surface area (Å²) in [5, 5.41) is 11.4. The molecule has 0 bridgehead atoms. The summed E-state index contributed by atoms with van der Waals surface area (Å²) in [6, 6.07) is 0.292. The Kier molecular flexibility index (Phi) is 2.31. The van der Waals surface area contributed by atoms with Crippen LogP contribution in [0.5, 0.6) is 0 Å². The molecule has 1 saturated heterocycles. The third-order valence-corrected chi connectivity index (χ3v) is 2.31. The minimum absolute atomic E-state index is 0.292. The van der Waals surface area contributed by atoms with Gasteiger partial charge in [0.2, 0.25) is 11.8 Å². The van der Waals surface area contributed by atoms with Gasteiger partial charge >= 0.3 is 0 Å². The van der Waals surface area contributed by atoms with Crippen LogP contribution in [0.25, 0.3) is 0 Å². The Labute approximate surface area is 77.7 Å². The van der Waals surface area contributed by atoms with Gasteiger partial charge in [0.15, 0.2) is 0 Å². The van der Waals surface area contributed by atoms with Crippen molar-refractivity contribution < 1.29 is 4.42 Å². The Morgan fingerprint density at radius 2 is 2.31 bits per heavy atom. The molecule has 0 aromatic carbocycles. The van der Waals surface area contributed by atoms with E-state index in [4.69, 9.17) is 4.42 Å². The summed E-state index contributed by atoms with van der Waals surface area (Å²) < 4.78 is 5.54. The fourth-order valence-corrected chi connectivity index (χ4v) is 1.52. The van der Waals surface area contributed by atoms with Crippen LogP contribution in [0, 0.1) is 0 Å². The molecule has 1 fully saturated rings. The van der Waals surface area contributed by atoms with E-state index in [1.54, 1.807) is 0 Å². The zero-order valence-electron chi connectivity index (χ0n) is 8.08. The van der Waals surface area contributed by atoms with Crippen LogP contribution in [0.3, 0.4) is 0 Å². The Hall–Kier alpha value is -0.900. The van der Waals surface area contributed by atoms with Gasteiger partial charge in [0.1, 0.15) is 0 Å². The first-order valence-electron chi connectivity index (χ1n) is 4.84. The average Bonchev–Trinajstić information content (AvgIpc) is 2.75. The van der Waals surface area contributed by atoms with Crippen LogP contribution < -0.4 is 5.32 Å². The van der Waals surface area contributed by atoms with Crippen molar-refractivity contribution in [2.75, 3.05) is 6.54 Å². The number of hydrogen-bond acceptors (Lipinski definition) is 4. The van der Waals surface area contributed by atoms with Gasteiger partial charge in [-0.05, 0) is 19.4 Å². The maximum atomic E-state index is 5.54. The zero-order valence-corrected chi connectivity index (χ0v) is 8.08. The first kappa shape index (κ1) is 8.69. The number of nitrogens with one attached hydrogen (secondary N) is 1. The predicted octanol–water partition coefficient (Wildman–Crippen LogP) is 1.62. The standard InChI is InChI=1S/C9H15N3O/c1-6(2)8-11-12-9(13-8)7-4-3-5-10-7/h6-7,10H,3-5H2,1-2H3. The van der Waals surface area contributed by atoms with Gasteiger partial charge < -0.3 is 9.73 Å². The van der Waals surface area contributed by atoms with E-state index in [9.17, 15) is 0 Å². The quantitative estimate of drug-likeness (QED) is 0.753. The largest absolute Gasteiger partial charge is 0.423 e. The molecule has 0 aliphatic carbocycles. The van der Waals surface area contributed by atoms with Gasteiger partial charge in [-0.15, -0.1) is 10.2 Å². The molecule has 2 heterocycles. The van der Waals surface area contributed by atoms with E-state index in [1.165, 1.54) is 6.42 Å². The molecule has 13 heavy (non-hydrogen) atoms. The number of nitrogens with zero attached hydrogens (tertiary/aromatic N) is 2. The first-order chi connectivity index (χ1) is 6.27. The molecule has 1 unspecified atom stereocenters. The van der Waals surface area contributed by atoms with Crippen LogP contribution in [-0.2, 0) is 0 Å². The lowest BCUT2D eigenvalue weighted by atomic mass is 10.2. The summed E-state index contributed by atoms with van der Waals surface area (Å²) in [6.45, 7) is 5.17. The van der Waals surface area contributed by atoms with Crippen LogP contribution in [0.4, 0.5) is 0 Å². The molecule has 0 amide bonds. The highest BCUT2D eigenvalue weighted by atomic mass is 16.4. The monoisotopic (exact) mass is 181 g/mol. The van der Waals surface area contributed by atoms with Crippen molar-refractivity contribution in [1.29, 1.82) is 0 Å². The van der Waals surface area contributed by atoms with Gasteiger partial charge in [-0.1, -0.05) is 13.8 Å². The second kappa shape index (κ2) is 3.46. The number of aromatic nitrogens is 2. The average molecular weight is 181 g/mol. The van der Waals surface area contributed by atoms with Gasteiger partial charge in [0, 0.05) is 5.92 Å². The van der Waals surface area contributed by atoms with Crippen LogP contribution in [0.1, 0.15) is 50.4 Å². The normalized spacial score (nSPS) is 22.8. The molecule has 0 saturated carbocycles. The van der Waals surface area contributed by atoms with E-state index in [0.717, 1.165) is 24.7 Å². The molecule has 1 aliphatic heterocycles. The summed E-state index contributed by atoms with van der Waals surface area (Å²) in [5.41, 5.74) is 0. The second-order valence-electron chi connectivity index (χ2n) is 3.78. The van der Waals surface area contributed by atoms with Crippen LogP contribution >= 0.6 is 0 Å². The van der Waals surface area contributed by atoms with Gasteiger partial charge in [-0.2, -0.15) is 0 Å². The lowest BCUT2D eigenvalue weighted by Crippen LogP contribution is -2.12. The Morgan fingerprint density at radius 3 is 2.85 bits per heavy atom. The summed E-state index contributed by atoms with van der Waals surface area (Å²) in [7, 11) is 0. The van der Waals surface area contributed by atoms with Gasteiger partial charge in [0.05, 0.1) is 6.04 Å². The lowest BCUT2D eigenvalue weighted by molar-refractivity contribution is 0.391. The van der Waals surface area contributed by atoms with E-state index < -0.39 is 0 Å². The predicted molar refractivity (Wildman–Crippen MR) is 48.4 cm³/mol. The molecule has 1 atom stereocenters. The molecular weight excluding hydrogens is 166 g/mol. The topological polar surface area (TPSA) is 51.0 Å². The third-order valence-electron chi connectivity index (χ3n) is 2.31. The van der Waals surface area contributed by atoms with Crippen molar-refractivity contribution in [3.8, 4) is 0 Å². The van der Waals surface area contributed by atoms with Crippen molar-refractivity contribution in [1.82, 2.24) is 15.5 Å². The highest BCUT2D eigenvalue weighted by molar-refractivity contribution is 4.94. The Morgan fingerprint density at radius 1 is 1.46 bits per heavy atom. The molecule has 1 aromatic rings. The number of rotatable bonds is 2. The van der Waals surface area contributed by atoms with Crippen molar-refractivity contribution in [3.05, 3.63) is 11.8 Å². The van der Waals surface area contributed by atoms with Crippen molar-refractivity contribution >= 4 is 0 Å². The summed E-state index contributed by atoms with van der Waals surface area (Å²) >= 11 is 0. The van der Waals surface area contributed by atoms with Crippen molar-refractivity contribution in [2.45, 2.75) is 38.6 Å². The Balaban J connectivity index is 2.12. The van der Waals surface area contributed by atoms with E-state index in [1.807, 2.05) is 0 Å². The fraction of sp³-hybridized carbons (Fsp3) is 0.778.